The molecule has 0 fully saturated rings. The molecule has 133 heavy (non-hydrogen) atoms. The van der Waals surface area contributed by atoms with Gasteiger partial charge in [0, 0.05) is 160 Å². The number of nitrogens with zero attached hydrogens (tertiary/aromatic N) is 1. The third-order valence-electron chi connectivity index (χ3n) is 23.3. The van der Waals surface area contributed by atoms with Crippen molar-refractivity contribution in [3.8, 4) is 11.5 Å². The maximum Gasteiger partial charge on any atom is 0.304 e. The van der Waals surface area contributed by atoms with Gasteiger partial charge in [-0.2, -0.15) is 0 Å². The molecule has 0 radical (unpaired) electrons. The van der Waals surface area contributed by atoms with Gasteiger partial charge in [0.1, 0.15) is 11.2 Å². The van der Waals surface area contributed by atoms with Gasteiger partial charge in [-0.1, -0.05) is 199 Å². The number of aliphatic hydroxyl groups excluding tert-OH is 1. The summed E-state index contributed by atoms with van der Waals surface area (Å²) >= 11 is 15.7. The number of rotatable bonds is 2. The van der Waals surface area contributed by atoms with Crippen molar-refractivity contribution < 1.29 is 71.7 Å². The summed E-state index contributed by atoms with van der Waals surface area (Å²) in [6.45, 7) is 4.63. The van der Waals surface area contributed by atoms with E-state index in [1.807, 2.05) is 133 Å². The number of ether oxygens (including phenoxy) is 3. The SMILES string of the molecule is CC(=O)OC1Sc2ccccc2C1=O.CCn1c2ccccc2c2cc3c(cc21)C(=O)CS3.O=C1CSc2c1ccc1ccccc21.O=C1CSc2cc3c(cc21)OCO3.O=C1CSc2cc3c(cc21)oc1ccccc13.O=C1CSc2cc3c(cc21)sc1ccccc13.O=C1CSc2cc3ccccc3cc21.O=C1CSc2ccc3ccccc3c21.O=C1c2ccccc2SC1O. The van der Waals surface area contributed by atoms with Crippen LogP contribution in [-0.4, -0.2) is 126 Å². The predicted molar refractivity (Wildman–Crippen MR) is 543 cm³/mol. The van der Waals surface area contributed by atoms with Crippen molar-refractivity contribution in [2.24, 2.45) is 0 Å². The molecule has 0 amide bonds. The van der Waals surface area contributed by atoms with Gasteiger partial charge in [0.15, 0.2) is 57.4 Å². The van der Waals surface area contributed by atoms with Gasteiger partial charge in [-0.3, -0.25) is 47.9 Å². The summed E-state index contributed by atoms with van der Waals surface area (Å²) in [7, 11) is 0. The van der Waals surface area contributed by atoms with E-state index in [1.165, 1.54) is 88.6 Å². The highest BCUT2D eigenvalue weighted by molar-refractivity contribution is 8.02. The zero-order valence-corrected chi connectivity index (χ0v) is 78.9. The third-order valence-corrected chi connectivity index (χ3v) is 34.1. The van der Waals surface area contributed by atoms with Crippen molar-refractivity contribution >= 4 is 271 Å². The molecule has 10 aliphatic heterocycles. The maximum atomic E-state index is 11.9. The fourth-order valence-electron chi connectivity index (χ4n) is 16.9. The predicted octanol–water partition coefficient (Wildman–Crippen LogP) is 26.6. The second-order valence-corrected chi connectivity index (χ2v) is 41.9. The normalized spacial score (nSPS) is 16.0. The number of thiophene rings is 1. The molecular formula is C107H73NO15S10. The van der Waals surface area contributed by atoms with Crippen LogP contribution < -0.4 is 9.47 Å². The smallest absolute Gasteiger partial charge is 0.304 e. The van der Waals surface area contributed by atoms with E-state index in [4.69, 9.17) is 23.7 Å². The first-order valence-corrected chi connectivity index (χ1v) is 51.8. The molecule has 10 aliphatic rings. The Labute approximate surface area is 803 Å². The molecule has 16 nitrogen and oxygen atoms in total. The Morgan fingerprint density at radius 1 is 0.346 bits per heavy atom. The lowest BCUT2D eigenvalue weighted by Gasteiger charge is -2.05. The number of aryl methyl sites for hydroxylation is 1. The van der Waals surface area contributed by atoms with Gasteiger partial charge in [0.25, 0.3) is 0 Å². The van der Waals surface area contributed by atoms with Crippen LogP contribution in [0.5, 0.6) is 11.5 Å². The van der Waals surface area contributed by atoms with Gasteiger partial charge >= 0.3 is 5.97 Å². The van der Waals surface area contributed by atoms with Crippen LogP contribution in [0.2, 0.25) is 0 Å². The number of benzene rings is 15. The molecule has 656 valence electrons. The molecule has 0 spiro atoms. The standard InChI is InChI=1S/C16H13NOS.C14H8O2S.C14H8OS2.3C12H8OS.C10H8O3S.C9H6O3S.C8H6O2S/c1-2-17-13-6-4-3-5-10(13)11-8-16-12(7-14(11)17)15(18)9-19-16;15-11-7-17-14-6-9-8-3-1-2-4-12(8)16-13(9)5-10(11)14;15-11-7-16-13-5-9-8-3-1-2-4-12(8)17-14(9)6-10(11)13;13-11-7-14-12-6-9-4-2-1-3-8(9)5-10(11)12;13-10-7-14-11-6-5-8-3-1-2-4-9(8)12(10)11;13-11-7-14-12-9-4-2-1-3-8(9)5-6-10(11)12;1-6(11)13-10-9(12)7-4-2-3-5-8(7)14-10;10-6-3-13-9-2-8-7(1-5(6)9)11-4-12-8;9-7-5-3-1-2-4-6(5)11-8(7)10/h3-8H,2,9H2,1H3;2*1-6H,7H2;3*1-6H,7H2;2-5,10H,1H3;1-2H,3-4H2;1-4,8,10H. The van der Waals surface area contributed by atoms with E-state index in [0.717, 1.165) is 133 Å². The number of aromatic nitrogens is 1. The summed E-state index contributed by atoms with van der Waals surface area (Å²) in [5.74, 6) is 6.50. The molecular weight excluding hydrogens is 1860 g/mol. The summed E-state index contributed by atoms with van der Waals surface area (Å²) < 4.78 is 25.9. The summed E-state index contributed by atoms with van der Waals surface area (Å²) in [6, 6.07) is 92.1. The lowest BCUT2D eigenvalue weighted by molar-refractivity contribution is -0.141. The van der Waals surface area contributed by atoms with Gasteiger partial charge in [-0.05, 0) is 142 Å². The number of Topliss-reactive ketones (excluding diaryl/α,β-unsaturated/α-hetero) is 9. The van der Waals surface area contributed by atoms with Gasteiger partial charge in [0.2, 0.25) is 23.8 Å². The molecule has 0 saturated heterocycles. The number of thioether (sulfide) groups is 9. The quantitative estimate of drug-likeness (QED) is 0.158. The van der Waals surface area contributed by atoms with Crippen molar-refractivity contribution in [3.05, 3.63) is 329 Å². The number of ketones is 9. The Hall–Kier alpha value is -11.9. The van der Waals surface area contributed by atoms with Crippen LogP contribution in [0, 0.1) is 0 Å². The van der Waals surface area contributed by atoms with E-state index in [0.29, 0.717) is 57.1 Å². The van der Waals surface area contributed by atoms with E-state index in [2.05, 4.69) is 127 Å². The monoisotopic (exact) mass is 1930 g/mol. The number of fused-ring (bicyclic) bond motifs is 24. The fourth-order valence-corrected chi connectivity index (χ4v) is 27.0. The lowest BCUT2D eigenvalue weighted by atomic mass is 10.0. The highest BCUT2D eigenvalue weighted by Crippen LogP contribution is 2.47. The first-order valence-electron chi connectivity index (χ1n) is 42.4. The Bertz CT molecular complexity index is 7820. The number of furan rings is 1. The van der Waals surface area contributed by atoms with E-state index >= 15 is 0 Å². The van der Waals surface area contributed by atoms with Crippen LogP contribution in [0.1, 0.15) is 107 Å². The molecule has 0 aliphatic carbocycles. The third kappa shape index (κ3) is 18.0. The topological polar surface area (TPSA) is 237 Å². The molecule has 26 heteroatoms. The molecule has 0 bridgehead atoms. The van der Waals surface area contributed by atoms with Crippen molar-refractivity contribution in [1.29, 1.82) is 0 Å². The number of para-hydroxylation sites is 2. The number of carbonyl (C=O) groups is 10. The molecule has 2 unspecified atom stereocenters. The molecule has 2 atom stereocenters. The fraction of sp³-hybridized carbons (Fsp3) is 0.121. The second-order valence-electron chi connectivity index (χ2n) is 31.5. The molecule has 15 aromatic carbocycles. The van der Waals surface area contributed by atoms with Gasteiger partial charge < -0.3 is 28.3 Å². The van der Waals surface area contributed by atoms with Crippen molar-refractivity contribution in [2.45, 2.75) is 75.3 Å². The number of hydrogen-bond acceptors (Lipinski definition) is 25. The van der Waals surface area contributed by atoms with E-state index in [1.54, 1.807) is 124 Å². The lowest BCUT2D eigenvalue weighted by Crippen LogP contribution is -2.18. The number of aliphatic hydroxyl groups is 1. The molecule has 1 N–H and O–H groups in total. The summed E-state index contributed by atoms with van der Waals surface area (Å²) in [5, 5.41) is 23.5. The summed E-state index contributed by atoms with van der Waals surface area (Å²) in [6.07, 6.45) is 0. The van der Waals surface area contributed by atoms with Crippen LogP contribution in [0.15, 0.2) is 328 Å². The van der Waals surface area contributed by atoms with Crippen LogP contribution in [0.4, 0.5) is 0 Å². The van der Waals surface area contributed by atoms with E-state index < -0.39 is 16.8 Å². The first-order chi connectivity index (χ1) is 64.8. The Balaban J connectivity index is 0.0000000934. The largest absolute Gasteiger partial charge is 0.456 e. The molecule has 13 heterocycles. The minimum absolute atomic E-state index is 0.124. The average molecular weight is 1930 g/mol. The second kappa shape index (κ2) is 38.6. The van der Waals surface area contributed by atoms with Crippen molar-refractivity contribution in [1.82, 2.24) is 4.57 Å². The van der Waals surface area contributed by atoms with Gasteiger partial charge in [0.05, 0.1) is 40.3 Å². The van der Waals surface area contributed by atoms with Crippen LogP contribution in [0.25, 0.3) is 96.2 Å². The van der Waals surface area contributed by atoms with Crippen LogP contribution in [-0.2, 0) is 16.1 Å². The molecule has 3 aromatic heterocycles. The number of carbonyl (C=O) groups excluding carboxylic acids is 10. The minimum Gasteiger partial charge on any atom is -0.456 e. The maximum absolute atomic E-state index is 11.9. The molecule has 28 rings (SSSR count). The zero-order valence-electron chi connectivity index (χ0n) is 70.8. The van der Waals surface area contributed by atoms with E-state index in [-0.39, 0.29) is 58.8 Å². The Kier molecular flexibility index (Phi) is 25.8. The van der Waals surface area contributed by atoms with Gasteiger partial charge in [-0.25, -0.2) is 0 Å². The van der Waals surface area contributed by atoms with Crippen LogP contribution >= 0.6 is 117 Å². The highest BCUT2D eigenvalue weighted by atomic mass is 32.2. The Morgan fingerprint density at radius 2 is 0.820 bits per heavy atom. The highest BCUT2D eigenvalue weighted by Gasteiger charge is 2.35. The molecule has 18 aromatic rings. The average Bonchev–Trinajstić information content (AvgIpc) is 1.58. The Morgan fingerprint density at radius 3 is 1.48 bits per heavy atom. The number of esters is 1. The summed E-state index contributed by atoms with van der Waals surface area (Å²) in [5.41, 5.74) is 9.94. The van der Waals surface area contributed by atoms with Gasteiger partial charge in [-0.15, -0.1) is 93.7 Å². The molecule has 0 saturated carbocycles. The zero-order chi connectivity index (χ0) is 91.2. The van der Waals surface area contributed by atoms with Crippen LogP contribution in [0.3, 0.4) is 0 Å². The van der Waals surface area contributed by atoms with Crippen molar-refractivity contribution in [3.63, 3.8) is 0 Å². The van der Waals surface area contributed by atoms with Crippen molar-refractivity contribution in [2.75, 3.05) is 47.1 Å². The minimum atomic E-state index is -0.882. The van der Waals surface area contributed by atoms with E-state index in [9.17, 15) is 47.9 Å². The first kappa shape index (κ1) is 89.0. The summed E-state index contributed by atoms with van der Waals surface area (Å²) in [4.78, 5) is 124. The number of hydrogen-bond donors (Lipinski definition) is 1.